The molecule has 1 aliphatic rings. The van der Waals surface area contributed by atoms with Crippen molar-refractivity contribution in [3.8, 4) is 0 Å². The fraction of sp³-hybridized carbons (Fsp3) is 0.364. The summed E-state index contributed by atoms with van der Waals surface area (Å²) in [7, 11) is -3.18. The van der Waals surface area contributed by atoms with Gasteiger partial charge in [0.05, 0.1) is 5.25 Å². The van der Waals surface area contributed by atoms with Gasteiger partial charge in [-0.05, 0) is 17.7 Å². The number of aldehydes is 1. The second kappa shape index (κ2) is 3.86. The van der Waals surface area contributed by atoms with Gasteiger partial charge in [0, 0.05) is 23.1 Å². The first-order valence-electron chi connectivity index (χ1n) is 4.85. The van der Waals surface area contributed by atoms with Crippen LogP contribution in [0.1, 0.15) is 11.5 Å². The molecule has 0 saturated heterocycles. The third-order valence-electron chi connectivity index (χ3n) is 2.89. The quantitative estimate of drug-likeness (QED) is 0.775. The normalized spacial score (nSPS) is 28.8. The van der Waals surface area contributed by atoms with Crippen LogP contribution in [0.15, 0.2) is 24.3 Å². The fourth-order valence-electron chi connectivity index (χ4n) is 2.14. The van der Waals surface area contributed by atoms with Crippen LogP contribution in [0.2, 0.25) is 5.02 Å². The van der Waals surface area contributed by atoms with Crippen molar-refractivity contribution in [3.63, 3.8) is 0 Å². The van der Waals surface area contributed by atoms with E-state index in [1.54, 1.807) is 24.3 Å². The lowest BCUT2D eigenvalue weighted by Gasteiger charge is -1.99. The number of halogens is 1. The molecule has 0 heterocycles. The summed E-state index contributed by atoms with van der Waals surface area (Å²) in [6.45, 7) is 0. The van der Waals surface area contributed by atoms with Gasteiger partial charge in [-0.1, -0.05) is 23.7 Å². The average molecular weight is 259 g/mol. The number of benzene rings is 1. The highest BCUT2D eigenvalue weighted by atomic mass is 35.5. The van der Waals surface area contributed by atoms with Crippen LogP contribution in [0.4, 0.5) is 0 Å². The Kier molecular flexibility index (Phi) is 2.80. The average Bonchev–Trinajstić information content (AvgIpc) is 2.91. The molecular formula is C11H11ClO3S. The summed E-state index contributed by atoms with van der Waals surface area (Å²) in [5, 5.41) is -0.0234. The smallest absolute Gasteiger partial charge is 0.151 e. The van der Waals surface area contributed by atoms with Gasteiger partial charge in [-0.15, -0.1) is 0 Å². The van der Waals surface area contributed by atoms with Crippen molar-refractivity contribution in [3.05, 3.63) is 34.9 Å². The van der Waals surface area contributed by atoms with Crippen LogP contribution in [0.25, 0.3) is 0 Å². The largest absolute Gasteiger partial charge is 0.303 e. The zero-order valence-corrected chi connectivity index (χ0v) is 10.2. The maximum Gasteiger partial charge on any atom is 0.151 e. The number of rotatable bonds is 3. The van der Waals surface area contributed by atoms with E-state index in [9.17, 15) is 13.2 Å². The van der Waals surface area contributed by atoms with Crippen LogP contribution in [-0.2, 0) is 14.6 Å². The van der Waals surface area contributed by atoms with Crippen molar-refractivity contribution in [2.24, 2.45) is 5.92 Å². The van der Waals surface area contributed by atoms with Crippen LogP contribution >= 0.6 is 11.6 Å². The van der Waals surface area contributed by atoms with Gasteiger partial charge in [0.25, 0.3) is 0 Å². The molecule has 0 spiro atoms. The standard InChI is InChI=1S/C11H11ClO3S/c1-16(14,15)11-9(6-13)10(11)7-3-2-4-8(12)5-7/h2-6,9-11H,1H3/t9-,10+,11-/m1/s1. The van der Waals surface area contributed by atoms with Gasteiger partial charge in [-0.2, -0.15) is 0 Å². The van der Waals surface area contributed by atoms with E-state index in [1.165, 1.54) is 6.26 Å². The van der Waals surface area contributed by atoms with E-state index < -0.39 is 21.0 Å². The Morgan fingerprint density at radius 2 is 2.06 bits per heavy atom. The van der Waals surface area contributed by atoms with Crippen molar-refractivity contribution < 1.29 is 13.2 Å². The van der Waals surface area contributed by atoms with Crippen LogP contribution < -0.4 is 0 Å². The first-order chi connectivity index (χ1) is 7.45. The zero-order chi connectivity index (χ0) is 11.9. The van der Waals surface area contributed by atoms with E-state index >= 15 is 0 Å². The molecule has 1 fully saturated rings. The van der Waals surface area contributed by atoms with E-state index in [1.807, 2.05) is 0 Å². The minimum atomic E-state index is -3.18. The van der Waals surface area contributed by atoms with Crippen molar-refractivity contribution in [2.75, 3.05) is 6.26 Å². The molecule has 0 bridgehead atoms. The molecule has 0 aliphatic heterocycles. The lowest BCUT2D eigenvalue weighted by Crippen LogP contribution is -2.07. The summed E-state index contributed by atoms with van der Waals surface area (Å²) in [6.07, 6.45) is 1.88. The number of carbonyl (C=O) groups excluding carboxylic acids is 1. The molecule has 0 radical (unpaired) electrons. The molecule has 1 aliphatic carbocycles. The van der Waals surface area contributed by atoms with Gasteiger partial charge >= 0.3 is 0 Å². The third kappa shape index (κ3) is 1.99. The highest BCUT2D eigenvalue weighted by Crippen LogP contribution is 2.51. The Labute approximate surface area is 99.3 Å². The first kappa shape index (κ1) is 11.6. The number of sulfone groups is 1. The maximum atomic E-state index is 11.4. The molecule has 3 nitrogen and oxygen atoms in total. The van der Waals surface area contributed by atoms with Gasteiger partial charge in [0.1, 0.15) is 6.29 Å². The summed E-state index contributed by atoms with van der Waals surface area (Å²) in [4.78, 5) is 10.8. The second-order valence-electron chi connectivity index (χ2n) is 4.09. The molecule has 3 atom stereocenters. The van der Waals surface area contributed by atoms with E-state index in [-0.39, 0.29) is 5.92 Å². The molecule has 86 valence electrons. The van der Waals surface area contributed by atoms with Gasteiger partial charge in [-0.25, -0.2) is 8.42 Å². The second-order valence-corrected chi connectivity index (χ2v) is 6.73. The van der Waals surface area contributed by atoms with Gasteiger partial charge < -0.3 is 4.79 Å². The van der Waals surface area contributed by atoms with Gasteiger partial charge in [0.2, 0.25) is 0 Å². The molecule has 1 saturated carbocycles. The Bertz CT molecular complexity index is 524. The summed E-state index contributed by atoms with van der Waals surface area (Å²) in [5.41, 5.74) is 0.819. The Morgan fingerprint density at radius 1 is 1.38 bits per heavy atom. The Hall–Kier alpha value is -0.870. The fourth-order valence-corrected chi connectivity index (χ4v) is 3.93. The molecule has 16 heavy (non-hydrogen) atoms. The van der Waals surface area contributed by atoms with Crippen molar-refractivity contribution >= 4 is 27.7 Å². The lowest BCUT2D eigenvalue weighted by atomic mass is 10.1. The minimum Gasteiger partial charge on any atom is -0.303 e. The van der Waals surface area contributed by atoms with Crippen LogP contribution in [-0.4, -0.2) is 26.2 Å². The zero-order valence-electron chi connectivity index (χ0n) is 8.63. The molecule has 0 aromatic heterocycles. The van der Waals surface area contributed by atoms with E-state index in [0.717, 1.165) is 11.8 Å². The highest BCUT2D eigenvalue weighted by molar-refractivity contribution is 7.91. The topological polar surface area (TPSA) is 51.2 Å². The number of hydrogen-bond donors (Lipinski definition) is 0. The third-order valence-corrected chi connectivity index (χ3v) is 4.72. The molecule has 0 N–H and O–H groups in total. The van der Waals surface area contributed by atoms with E-state index in [2.05, 4.69) is 0 Å². The van der Waals surface area contributed by atoms with Crippen molar-refractivity contribution in [2.45, 2.75) is 11.2 Å². The number of hydrogen-bond acceptors (Lipinski definition) is 3. The molecule has 0 amide bonds. The van der Waals surface area contributed by atoms with Crippen LogP contribution in [0, 0.1) is 5.92 Å². The summed E-state index contributed by atoms with van der Waals surface area (Å²) >= 11 is 5.83. The van der Waals surface area contributed by atoms with Crippen LogP contribution in [0.5, 0.6) is 0 Å². The number of carbonyl (C=O) groups is 1. The monoisotopic (exact) mass is 258 g/mol. The van der Waals surface area contributed by atoms with Crippen LogP contribution in [0.3, 0.4) is 0 Å². The Balaban J connectivity index is 2.34. The van der Waals surface area contributed by atoms with Gasteiger partial charge in [-0.3, -0.25) is 0 Å². The first-order valence-corrected chi connectivity index (χ1v) is 7.18. The molecule has 5 heteroatoms. The maximum absolute atomic E-state index is 11.4. The van der Waals surface area contributed by atoms with Crippen molar-refractivity contribution in [1.82, 2.24) is 0 Å². The minimum absolute atomic E-state index is 0.230. The molecular weight excluding hydrogens is 248 g/mol. The highest BCUT2D eigenvalue weighted by Gasteiger charge is 2.57. The molecule has 1 aromatic carbocycles. The lowest BCUT2D eigenvalue weighted by molar-refractivity contribution is -0.108. The summed E-state index contributed by atoms with van der Waals surface area (Å²) in [5.74, 6) is -0.653. The Morgan fingerprint density at radius 3 is 2.50 bits per heavy atom. The molecule has 2 rings (SSSR count). The van der Waals surface area contributed by atoms with Gasteiger partial charge in [0.15, 0.2) is 9.84 Å². The SMILES string of the molecule is CS(=O)(=O)[C@@H]1[C@H](C=O)[C@@H]1c1cccc(Cl)c1. The molecule has 1 aromatic rings. The predicted molar refractivity (Wildman–Crippen MR) is 62.4 cm³/mol. The van der Waals surface area contributed by atoms with Crippen molar-refractivity contribution in [1.29, 1.82) is 0 Å². The summed E-state index contributed by atoms with van der Waals surface area (Å²) < 4.78 is 22.9. The summed E-state index contributed by atoms with van der Waals surface area (Å²) in [6, 6.07) is 7.00. The van der Waals surface area contributed by atoms with E-state index in [0.29, 0.717) is 5.02 Å². The molecule has 0 unspecified atom stereocenters. The van der Waals surface area contributed by atoms with E-state index in [4.69, 9.17) is 11.6 Å². The predicted octanol–water partition coefficient (Wildman–Crippen LogP) is 1.67.